The molecule has 0 aromatic carbocycles. The Labute approximate surface area is 121 Å². The average Bonchev–Trinajstić information content (AvgIpc) is 2.69. The summed E-state index contributed by atoms with van der Waals surface area (Å²) >= 11 is 0. The zero-order valence-corrected chi connectivity index (χ0v) is 12.8. The van der Waals surface area contributed by atoms with Gasteiger partial charge in [-0.15, -0.1) is 0 Å². The monoisotopic (exact) mass is 272 g/mol. The molecule has 2 rings (SSSR count). The lowest BCUT2D eigenvalue weighted by molar-refractivity contribution is 0.551. The van der Waals surface area contributed by atoms with Crippen LogP contribution in [0.4, 0.5) is 0 Å². The van der Waals surface area contributed by atoms with E-state index in [1.54, 1.807) is 0 Å². The highest BCUT2D eigenvalue weighted by Gasteiger charge is 2.03. The van der Waals surface area contributed by atoms with Crippen molar-refractivity contribution < 1.29 is 0 Å². The molecule has 0 unspecified atom stereocenters. The number of aromatic nitrogens is 3. The lowest BCUT2D eigenvalue weighted by atomic mass is 10.2. The molecule has 0 spiro atoms. The first-order chi connectivity index (χ1) is 9.54. The van der Waals surface area contributed by atoms with E-state index in [1.165, 1.54) is 11.3 Å². The third-order valence-electron chi connectivity index (χ3n) is 3.18. The number of rotatable bonds is 6. The van der Waals surface area contributed by atoms with Crippen molar-refractivity contribution in [2.75, 3.05) is 6.54 Å². The number of nitrogens with zero attached hydrogens (tertiary/aromatic N) is 3. The number of hydrogen-bond acceptors (Lipinski definition) is 3. The van der Waals surface area contributed by atoms with Gasteiger partial charge in [0.2, 0.25) is 0 Å². The van der Waals surface area contributed by atoms with E-state index >= 15 is 0 Å². The fourth-order valence-electron chi connectivity index (χ4n) is 2.15. The van der Waals surface area contributed by atoms with Gasteiger partial charge in [-0.2, -0.15) is 5.10 Å². The summed E-state index contributed by atoms with van der Waals surface area (Å²) in [7, 11) is 0. The Hall–Kier alpha value is -1.68. The molecule has 2 aromatic heterocycles. The molecule has 4 heteroatoms. The summed E-state index contributed by atoms with van der Waals surface area (Å²) in [5, 5.41) is 7.89. The van der Waals surface area contributed by atoms with Crippen molar-refractivity contribution >= 4 is 0 Å². The second-order valence-electron chi connectivity index (χ2n) is 5.77. The highest BCUT2D eigenvalue weighted by atomic mass is 15.3. The Morgan fingerprint density at radius 1 is 1.25 bits per heavy atom. The number of nitrogens with one attached hydrogen (secondary N) is 1. The molecule has 108 valence electrons. The average molecular weight is 272 g/mol. The number of hydrogen-bond donors (Lipinski definition) is 1. The van der Waals surface area contributed by atoms with Gasteiger partial charge in [-0.25, -0.2) is 0 Å². The van der Waals surface area contributed by atoms with Crippen LogP contribution in [0.25, 0.3) is 0 Å². The van der Waals surface area contributed by atoms with Crippen molar-refractivity contribution in [3.05, 3.63) is 47.0 Å². The van der Waals surface area contributed by atoms with E-state index in [9.17, 15) is 0 Å². The van der Waals surface area contributed by atoms with Crippen LogP contribution >= 0.6 is 0 Å². The summed E-state index contributed by atoms with van der Waals surface area (Å²) in [6.45, 7) is 11.2. The van der Waals surface area contributed by atoms with Crippen LogP contribution in [0.1, 0.15) is 36.5 Å². The molecule has 0 fully saturated rings. The van der Waals surface area contributed by atoms with E-state index in [1.807, 2.05) is 17.8 Å². The molecular formula is C16H24N4. The van der Waals surface area contributed by atoms with Crippen LogP contribution in [0, 0.1) is 19.8 Å². The summed E-state index contributed by atoms with van der Waals surface area (Å²) in [6.07, 6.45) is 1.95. The van der Waals surface area contributed by atoms with Crippen LogP contribution in [0.3, 0.4) is 0 Å². The normalized spacial score (nSPS) is 11.2. The Morgan fingerprint density at radius 3 is 2.60 bits per heavy atom. The first-order valence-electron chi connectivity index (χ1n) is 7.20. The zero-order valence-electron chi connectivity index (χ0n) is 12.8. The summed E-state index contributed by atoms with van der Waals surface area (Å²) in [5.41, 5.74) is 4.50. The van der Waals surface area contributed by atoms with Crippen molar-refractivity contribution in [1.29, 1.82) is 0 Å². The van der Waals surface area contributed by atoms with Crippen molar-refractivity contribution in [2.24, 2.45) is 5.92 Å². The SMILES string of the molecule is Cc1cc(C)n(Cc2ccc(CNCC(C)C)cn2)n1. The molecule has 1 N–H and O–H groups in total. The largest absolute Gasteiger partial charge is 0.312 e. The topological polar surface area (TPSA) is 42.7 Å². The minimum atomic E-state index is 0.674. The van der Waals surface area contributed by atoms with Crippen molar-refractivity contribution in [2.45, 2.75) is 40.8 Å². The van der Waals surface area contributed by atoms with E-state index in [-0.39, 0.29) is 0 Å². The molecule has 0 saturated carbocycles. The molecule has 0 aliphatic carbocycles. The fraction of sp³-hybridized carbons (Fsp3) is 0.500. The predicted octanol–water partition coefficient (Wildman–Crippen LogP) is 2.69. The molecule has 0 atom stereocenters. The molecule has 20 heavy (non-hydrogen) atoms. The summed E-state index contributed by atoms with van der Waals surface area (Å²) in [4.78, 5) is 4.52. The molecule has 4 nitrogen and oxygen atoms in total. The van der Waals surface area contributed by atoms with E-state index < -0.39 is 0 Å². The van der Waals surface area contributed by atoms with Crippen molar-refractivity contribution in [3.8, 4) is 0 Å². The van der Waals surface area contributed by atoms with Gasteiger partial charge in [0.15, 0.2) is 0 Å². The molecule has 0 saturated heterocycles. The zero-order chi connectivity index (χ0) is 14.5. The third-order valence-corrected chi connectivity index (χ3v) is 3.18. The van der Waals surface area contributed by atoms with Gasteiger partial charge >= 0.3 is 0 Å². The van der Waals surface area contributed by atoms with Gasteiger partial charge in [-0.05, 0) is 44.0 Å². The molecule has 2 heterocycles. The highest BCUT2D eigenvalue weighted by molar-refractivity contribution is 5.15. The maximum absolute atomic E-state index is 4.52. The predicted molar refractivity (Wildman–Crippen MR) is 81.6 cm³/mol. The molecule has 0 bridgehead atoms. The first-order valence-corrected chi connectivity index (χ1v) is 7.20. The molecule has 0 radical (unpaired) electrons. The van der Waals surface area contributed by atoms with Crippen LogP contribution < -0.4 is 5.32 Å². The second kappa shape index (κ2) is 6.66. The molecule has 0 amide bonds. The van der Waals surface area contributed by atoms with Gasteiger partial charge in [0, 0.05) is 18.4 Å². The van der Waals surface area contributed by atoms with Crippen LogP contribution in [-0.4, -0.2) is 21.3 Å². The summed E-state index contributed by atoms with van der Waals surface area (Å²) in [6, 6.07) is 6.31. The highest BCUT2D eigenvalue weighted by Crippen LogP contribution is 2.06. The Balaban J connectivity index is 1.93. The van der Waals surface area contributed by atoms with E-state index in [4.69, 9.17) is 0 Å². The van der Waals surface area contributed by atoms with Crippen molar-refractivity contribution in [1.82, 2.24) is 20.1 Å². The van der Waals surface area contributed by atoms with Gasteiger partial charge < -0.3 is 5.32 Å². The van der Waals surface area contributed by atoms with Crippen molar-refractivity contribution in [3.63, 3.8) is 0 Å². The molecular weight excluding hydrogens is 248 g/mol. The van der Waals surface area contributed by atoms with Crippen LogP contribution in [0.5, 0.6) is 0 Å². The minimum Gasteiger partial charge on any atom is -0.312 e. The molecule has 0 aliphatic rings. The van der Waals surface area contributed by atoms with Gasteiger partial charge in [0.05, 0.1) is 17.9 Å². The summed E-state index contributed by atoms with van der Waals surface area (Å²) < 4.78 is 1.99. The van der Waals surface area contributed by atoms with Gasteiger partial charge in [-0.1, -0.05) is 19.9 Å². The van der Waals surface area contributed by atoms with E-state index in [0.29, 0.717) is 5.92 Å². The Bertz CT molecular complexity index is 540. The lowest BCUT2D eigenvalue weighted by Crippen LogP contribution is -2.19. The third kappa shape index (κ3) is 4.17. The fourth-order valence-corrected chi connectivity index (χ4v) is 2.15. The van der Waals surface area contributed by atoms with E-state index in [2.05, 4.69) is 54.4 Å². The van der Waals surface area contributed by atoms with Gasteiger partial charge in [-0.3, -0.25) is 9.67 Å². The standard InChI is InChI=1S/C16H24N4/c1-12(2)8-17-9-15-5-6-16(18-10-15)11-20-14(4)7-13(3)19-20/h5-7,10,12,17H,8-9,11H2,1-4H3. The quantitative estimate of drug-likeness (QED) is 0.879. The lowest BCUT2D eigenvalue weighted by Gasteiger charge is -2.08. The first kappa shape index (κ1) is 14.7. The maximum Gasteiger partial charge on any atom is 0.0834 e. The van der Waals surface area contributed by atoms with Crippen LogP contribution in [0.15, 0.2) is 24.4 Å². The summed E-state index contributed by atoms with van der Waals surface area (Å²) in [5.74, 6) is 0.674. The number of pyridine rings is 1. The van der Waals surface area contributed by atoms with E-state index in [0.717, 1.165) is 31.0 Å². The van der Waals surface area contributed by atoms with Crippen LogP contribution in [-0.2, 0) is 13.1 Å². The molecule has 2 aromatic rings. The smallest absolute Gasteiger partial charge is 0.0834 e. The Kier molecular flexibility index (Phi) is 4.90. The second-order valence-corrected chi connectivity index (χ2v) is 5.77. The molecule has 0 aliphatic heterocycles. The Morgan fingerprint density at radius 2 is 2.05 bits per heavy atom. The minimum absolute atomic E-state index is 0.674. The van der Waals surface area contributed by atoms with Gasteiger partial charge in [0.1, 0.15) is 0 Å². The maximum atomic E-state index is 4.52. The van der Waals surface area contributed by atoms with Crippen LogP contribution in [0.2, 0.25) is 0 Å². The number of aryl methyl sites for hydroxylation is 2. The van der Waals surface area contributed by atoms with Gasteiger partial charge in [0.25, 0.3) is 0 Å².